The summed E-state index contributed by atoms with van der Waals surface area (Å²) in [6.07, 6.45) is 4.64. The van der Waals surface area contributed by atoms with Gasteiger partial charge in [0, 0.05) is 18.2 Å². The molecule has 0 aliphatic heterocycles. The second-order valence-electron chi connectivity index (χ2n) is 5.17. The summed E-state index contributed by atoms with van der Waals surface area (Å²) in [7, 11) is 0. The molecule has 112 valence electrons. The summed E-state index contributed by atoms with van der Waals surface area (Å²) >= 11 is 5.34. The molecule has 0 amide bonds. The van der Waals surface area contributed by atoms with Crippen molar-refractivity contribution in [3.63, 3.8) is 0 Å². The van der Waals surface area contributed by atoms with Gasteiger partial charge in [-0.1, -0.05) is 19.1 Å². The monoisotopic (exact) mass is 302 g/mol. The Balaban J connectivity index is 1.75. The summed E-state index contributed by atoms with van der Waals surface area (Å²) in [5.74, 6) is 1.01. The highest BCUT2D eigenvalue weighted by Crippen LogP contribution is 2.10. The first kappa shape index (κ1) is 15.6. The Kier molecular flexibility index (Phi) is 5.81. The van der Waals surface area contributed by atoms with Crippen molar-refractivity contribution < 1.29 is 4.42 Å². The van der Waals surface area contributed by atoms with Gasteiger partial charge in [0.25, 0.3) is 0 Å². The molecule has 0 unspecified atom stereocenters. The van der Waals surface area contributed by atoms with E-state index in [2.05, 4.69) is 48.7 Å². The molecule has 1 aromatic heterocycles. The van der Waals surface area contributed by atoms with Gasteiger partial charge in [0.2, 0.25) is 0 Å². The molecule has 0 aliphatic rings. The minimum atomic E-state index is 0.296. The maximum atomic E-state index is 5.34. The average molecular weight is 302 g/mol. The first-order chi connectivity index (χ1) is 10.2. The molecule has 0 saturated heterocycles. The molecule has 0 bridgehead atoms. The molecule has 1 heterocycles. The molecule has 21 heavy (non-hydrogen) atoms. The zero-order valence-electron chi connectivity index (χ0n) is 12.6. The van der Waals surface area contributed by atoms with E-state index in [0.29, 0.717) is 11.2 Å². The number of anilines is 1. The van der Waals surface area contributed by atoms with Crippen molar-refractivity contribution in [1.82, 2.24) is 5.32 Å². The van der Waals surface area contributed by atoms with Crippen molar-refractivity contribution in [3.05, 3.63) is 54.0 Å². The van der Waals surface area contributed by atoms with Crippen LogP contribution in [0, 0.1) is 0 Å². The average Bonchev–Trinajstić information content (AvgIpc) is 2.99. The van der Waals surface area contributed by atoms with Gasteiger partial charge in [0.15, 0.2) is 5.11 Å². The zero-order chi connectivity index (χ0) is 15.1. The number of rotatable bonds is 6. The minimum absolute atomic E-state index is 0.296. The topological polar surface area (TPSA) is 37.2 Å². The maximum Gasteiger partial charge on any atom is 0.170 e. The molecule has 3 nitrogen and oxygen atoms in total. The van der Waals surface area contributed by atoms with E-state index in [1.165, 1.54) is 5.56 Å². The fourth-order valence-electron chi connectivity index (χ4n) is 2.10. The maximum absolute atomic E-state index is 5.34. The number of benzene rings is 1. The molecule has 2 rings (SSSR count). The Morgan fingerprint density at radius 2 is 2.00 bits per heavy atom. The van der Waals surface area contributed by atoms with Gasteiger partial charge in [-0.25, -0.2) is 0 Å². The molecule has 0 aliphatic carbocycles. The second-order valence-corrected chi connectivity index (χ2v) is 5.58. The first-order valence-corrected chi connectivity index (χ1v) is 7.77. The molecule has 1 atom stereocenters. The second kappa shape index (κ2) is 7.84. The van der Waals surface area contributed by atoms with Crippen LogP contribution in [0.3, 0.4) is 0 Å². The van der Waals surface area contributed by atoms with Crippen LogP contribution in [0.15, 0.2) is 47.1 Å². The van der Waals surface area contributed by atoms with Crippen molar-refractivity contribution in [1.29, 1.82) is 0 Å². The smallest absolute Gasteiger partial charge is 0.170 e. The van der Waals surface area contributed by atoms with Crippen molar-refractivity contribution >= 4 is 23.0 Å². The molecule has 2 aromatic rings. The van der Waals surface area contributed by atoms with Gasteiger partial charge in [0.05, 0.1) is 6.26 Å². The molecule has 0 spiro atoms. The number of hydrogen-bond donors (Lipinski definition) is 2. The van der Waals surface area contributed by atoms with Crippen LogP contribution in [0.1, 0.15) is 31.6 Å². The van der Waals surface area contributed by atoms with Crippen LogP contribution in [-0.2, 0) is 12.8 Å². The third-order valence-corrected chi connectivity index (χ3v) is 3.62. The SMILES string of the molecule is CCc1ccc(NC(=S)N[C@@H](C)CCc2ccco2)cc1. The van der Waals surface area contributed by atoms with Crippen LogP contribution in [0.2, 0.25) is 0 Å². The zero-order valence-corrected chi connectivity index (χ0v) is 13.4. The molecule has 0 saturated carbocycles. The van der Waals surface area contributed by atoms with E-state index in [1.54, 1.807) is 6.26 Å². The van der Waals surface area contributed by atoms with Crippen molar-refractivity contribution in [3.8, 4) is 0 Å². The Bertz CT molecular complexity index is 549. The quantitative estimate of drug-likeness (QED) is 0.786. The largest absolute Gasteiger partial charge is 0.469 e. The van der Waals surface area contributed by atoms with Gasteiger partial charge < -0.3 is 15.1 Å². The predicted molar refractivity (Wildman–Crippen MR) is 91.7 cm³/mol. The molecule has 1 aromatic carbocycles. The molecule has 2 N–H and O–H groups in total. The lowest BCUT2D eigenvalue weighted by Gasteiger charge is -2.16. The van der Waals surface area contributed by atoms with E-state index in [1.807, 2.05) is 12.1 Å². The summed E-state index contributed by atoms with van der Waals surface area (Å²) in [6.45, 7) is 4.27. The number of aryl methyl sites for hydroxylation is 2. The summed E-state index contributed by atoms with van der Waals surface area (Å²) in [5.41, 5.74) is 2.34. The highest BCUT2D eigenvalue weighted by molar-refractivity contribution is 7.80. The minimum Gasteiger partial charge on any atom is -0.469 e. The van der Waals surface area contributed by atoms with Crippen LogP contribution >= 0.6 is 12.2 Å². The van der Waals surface area contributed by atoms with Crippen molar-refractivity contribution in [2.45, 2.75) is 39.2 Å². The normalized spacial score (nSPS) is 11.9. The van der Waals surface area contributed by atoms with Gasteiger partial charge in [-0.15, -0.1) is 0 Å². The van der Waals surface area contributed by atoms with E-state index < -0.39 is 0 Å². The molecular formula is C17H22N2OS. The highest BCUT2D eigenvalue weighted by atomic mass is 32.1. The van der Waals surface area contributed by atoms with Crippen LogP contribution in [-0.4, -0.2) is 11.2 Å². The van der Waals surface area contributed by atoms with Crippen LogP contribution < -0.4 is 10.6 Å². The molecule has 4 heteroatoms. The Morgan fingerprint density at radius 3 is 2.62 bits per heavy atom. The third kappa shape index (κ3) is 5.23. The lowest BCUT2D eigenvalue weighted by molar-refractivity contribution is 0.483. The third-order valence-electron chi connectivity index (χ3n) is 3.40. The van der Waals surface area contributed by atoms with E-state index in [0.717, 1.165) is 30.7 Å². The number of furan rings is 1. The lowest BCUT2D eigenvalue weighted by Crippen LogP contribution is -2.36. The fourth-order valence-corrected chi connectivity index (χ4v) is 2.42. The van der Waals surface area contributed by atoms with E-state index in [4.69, 9.17) is 16.6 Å². The van der Waals surface area contributed by atoms with Gasteiger partial charge >= 0.3 is 0 Å². The summed E-state index contributed by atoms with van der Waals surface area (Å²) < 4.78 is 5.33. The summed E-state index contributed by atoms with van der Waals surface area (Å²) in [4.78, 5) is 0. The number of hydrogen-bond acceptors (Lipinski definition) is 2. The summed E-state index contributed by atoms with van der Waals surface area (Å²) in [6, 6.07) is 12.6. The van der Waals surface area contributed by atoms with Gasteiger partial charge in [-0.05, 0) is 61.8 Å². The van der Waals surface area contributed by atoms with E-state index >= 15 is 0 Å². The number of nitrogens with one attached hydrogen (secondary N) is 2. The summed E-state index contributed by atoms with van der Waals surface area (Å²) in [5, 5.41) is 7.17. The Morgan fingerprint density at radius 1 is 1.24 bits per heavy atom. The van der Waals surface area contributed by atoms with Gasteiger partial charge in [-0.2, -0.15) is 0 Å². The van der Waals surface area contributed by atoms with Crippen LogP contribution in [0.25, 0.3) is 0 Å². The van der Waals surface area contributed by atoms with Crippen LogP contribution in [0.4, 0.5) is 5.69 Å². The first-order valence-electron chi connectivity index (χ1n) is 7.36. The Labute approximate surface area is 131 Å². The van der Waals surface area contributed by atoms with Gasteiger partial charge in [0.1, 0.15) is 5.76 Å². The molecular weight excluding hydrogens is 280 g/mol. The van der Waals surface area contributed by atoms with E-state index in [9.17, 15) is 0 Å². The lowest BCUT2D eigenvalue weighted by atomic mass is 10.1. The van der Waals surface area contributed by atoms with Crippen molar-refractivity contribution in [2.24, 2.45) is 0 Å². The predicted octanol–water partition coefficient (Wildman–Crippen LogP) is 4.15. The fraction of sp³-hybridized carbons (Fsp3) is 0.353. The van der Waals surface area contributed by atoms with Gasteiger partial charge in [-0.3, -0.25) is 0 Å². The van der Waals surface area contributed by atoms with Crippen LogP contribution in [0.5, 0.6) is 0 Å². The molecule has 0 radical (unpaired) electrons. The standard InChI is InChI=1S/C17H22N2OS/c1-3-14-7-9-15(10-8-14)19-17(21)18-13(2)6-11-16-5-4-12-20-16/h4-5,7-10,12-13H,3,6,11H2,1-2H3,(H2,18,19,21)/t13-/m0/s1. The van der Waals surface area contributed by atoms with E-state index in [-0.39, 0.29) is 0 Å². The highest BCUT2D eigenvalue weighted by Gasteiger charge is 2.06. The molecule has 0 fully saturated rings. The Hall–Kier alpha value is -1.81. The number of thiocarbonyl (C=S) groups is 1. The van der Waals surface area contributed by atoms with Crippen molar-refractivity contribution in [2.75, 3.05) is 5.32 Å².